The van der Waals surface area contributed by atoms with Gasteiger partial charge in [0, 0.05) is 25.2 Å². The number of amides is 1. The molecule has 0 radical (unpaired) electrons. The van der Waals surface area contributed by atoms with E-state index in [1.54, 1.807) is 12.1 Å². The summed E-state index contributed by atoms with van der Waals surface area (Å²) in [5.41, 5.74) is 4.08. The van der Waals surface area contributed by atoms with Crippen molar-refractivity contribution in [3.63, 3.8) is 0 Å². The van der Waals surface area contributed by atoms with Gasteiger partial charge in [0.25, 0.3) is 5.91 Å². The molecule has 1 aliphatic heterocycles. The van der Waals surface area contributed by atoms with Gasteiger partial charge in [-0.15, -0.1) is 0 Å². The summed E-state index contributed by atoms with van der Waals surface area (Å²) in [6.45, 7) is 5.55. The fraction of sp³-hybridized carbons (Fsp3) is 0.304. The van der Waals surface area contributed by atoms with Gasteiger partial charge in [-0.25, -0.2) is 4.39 Å². The lowest BCUT2D eigenvalue weighted by Crippen LogP contribution is -2.43. The predicted octanol–water partition coefficient (Wildman–Crippen LogP) is 3.33. The SMILES string of the molecule is Cc1cccc(C(CNC(=O)c2cn[nH]c2-c2ccc(F)cc2)N2CCOCC2)c1. The summed E-state index contributed by atoms with van der Waals surface area (Å²) in [5, 5.41) is 9.94. The number of carbonyl (C=O) groups is 1. The van der Waals surface area contributed by atoms with Crippen LogP contribution in [-0.4, -0.2) is 53.9 Å². The van der Waals surface area contributed by atoms with Crippen molar-refractivity contribution in [2.45, 2.75) is 13.0 Å². The van der Waals surface area contributed by atoms with E-state index in [0.29, 0.717) is 36.6 Å². The van der Waals surface area contributed by atoms with Gasteiger partial charge in [-0.2, -0.15) is 5.10 Å². The summed E-state index contributed by atoms with van der Waals surface area (Å²) in [6, 6.07) is 14.4. The largest absolute Gasteiger partial charge is 0.379 e. The average molecular weight is 408 g/mol. The number of aromatic amines is 1. The number of carbonyl (C=O) groups excluding carboxylic acids is 1. The zero-order valence-electron chi connectivity index (χ0n) is 16.9. The number of hydrogen-bond donors (Lipinski definition) is 2. The van der Waals surface area contributed by atoms with Gasteiger partial charge in [0.05, 0.1) is 36.7 Å². The minimum absolute atomic E-state index is 0.0546. The van der Waals surface area contributed by atoms with Crippen molar-refractivity contribution >= 4 is 5.91 Å². The highest BCUT2D eigenvalue weighted by atomic mass is 19.1. The zero-order chi connectivity index (χ0) is 20.9. The number of hydrogen-bond acceptors (Lipinski definition) is 4. The average Bonchev–Trinajstić information content (AvgIpc) is 3.25. The summed E-state index contributed by atoms with van der Waals surface area (Å²) in [4.78, 5) is 15.3. The molecule has 0 bridgehead atoms. The molecule has 2 heterocycles. The number of benzene rings is 2. The Morgan fingerprint density at radius 3 is 2.73 bits per heavy atom. The Balaban J connectivity index is 1.52. The molecule has 0 saturated carbocycles. The number of aryl methyl sites for hydroxylation is 1. The first-order chi connectivity index (χ1) is 14.6. The Bertz CT molecular complexity index is 996. The molecule has 156 valence electrons. The second-order valence-corrected chi connectivity index (χ2v) is 7.45. The molecule has 1 amide bonds. The van der Waals surface area contributed by atoms with Gasteiger partial charge in [-0.05, 0) is 36.8 Å². The molecular weight excluding hydrogens is 383 g/mol. The fourth-order valence-corrected chi connectivity index (χ4v) is 3.80. The highest BCUT2D eigenvalue weighted by molar-refractivity contribution is 5.99. The predicted molar refractivity (Wildman–Crippen MR) is 113 cm³/mol. The second-order valence-electron chi connectivity index (χ2n) is 7.45. The van der Waals surface area contributed by atoms with E-state index in [9.17, 15) is 9.18 Å². The van der Waals surface area contributed by atoms with Crippen molar-refractivity contribution in [1.82, 2.24) is 20.4 Å². The number of nitrogens with one attached hydrogen (secondary N) is 2. The smallest absolute Gasteiger partial charge is 0.255 e. The minimum atomic E-state index is -0.323. The molecule has 7 heteroatoms. The van der Waals surface area contributed by atoms with E-state index in [1.807, 2.05) is 6.07 Å². The molecule has 4 rings (SSSR count). The number of halogens is 1. The molecule has 2 N–H and O–H groups in total. The molecule has 1 saturated heterocycles. The molecule has 6 nitrogen and oxygen atoms in total. The lowest BCUT2D eigenvalue weighted by molar-refractivity contribution is 0.0162. The van der Waals surface area contributed by atoms with Crippen molar-refractivity contribution in [2.75, 3.05) is 32.8 Å². The van der Waals surface area contributed by atoms with Crippen LogP contribution < -0.4 is 5.32 Å². The summed E-state index contributed by atoms with van der Waals surface area (Å²) in [6.07, 6.45) is 1.50. The number of aromatic nitrogens is 2. The Hall–Kier alpha value is -3.03. The fourth-order valence-electron chi connectivity index (χ4n) is 3.80. The van der Waals surface area contributed by atoms with Crippen LogP contribution in [0, 0.1) is 12.7 Å². The molecule has 1 atom stereocenters. The molecular formula is C23H25FN4O2. The first kappa shape index (κ1) is 20.3. The molecule has 1 unspecified atom stereocenters. The summed E-state index contributed by atoms with van der Waals surface area (Å²) >= 11 is 0. The zero-order valence-corrected chi connectivity index (χ0v) is 16.9. The monoisotopic (exact) mass is 408 g/mol. The van der Waals surface area contributed by atoms with E-state index in [4.69, 9.17) is 4.74 Å². The highest BCUT2D eigenvalue weighted by Crippen LogP contribution is 2.24. The summed E-state index contributed by atoms with van der Waals surface area (Å²) in [7, 11) is 0. The molecule has 1 aliphatic rings. The Kier molecular flexibility index (Phi) is 6.21. The van der Waals surface area contributed by atoms with Gasteiger partial charge in [0.1, 0.15) is 5.82 Å². The minimum Gasteiger partial charge on any atom is -0.379 e. The van der Waals surface area contributed by atoms with Crippen molar-refractivity contribution in [3.05, 3.63) is 77.2 Å². The van der Waals surface area contributed by atoms with Crippen LogP contribution in [0.25, 0.3) is 11.3 Å². The molecule has 2 aromatic carbocycles. The van der Waals surface area contributed by atoms with E-state index in [-0.39, 0.29) is 17.8 Å². The van der Waals surface area contributed by atoms with Crippen LogP contribution in [0.3, 0.4) is 0 Å². The van der Waals surface area contributed by atoms with Gasteiger partial charge >= 0.3 is 0 Å². The topological polar surface area (TPSA) is 70.2 Å². The number of nitrogens with zero attached hydrogens (tertiary/aromatic N) is 2. The van der Waals surface area contributed by atoms with Gasteiger partial charge in [-0.1, -0.05) is 29.8 Å². The van der Waals surface area contributed by atoms with Crippen LogP contribution in [0.1, 0.15) is 27.5 Å². The molecule has 30 heavy (non-hydrogen) atoms. The first-order valence-electron chi connectivity index (χ1n) is 10.1. The maximum absolute atomic E-state index is 13.2. The third-order valence-electron chi connectivity index (χ3n) is 5.39. The highest BCUT2D eigenvalue weighted by Gasteiger charge is 2.24. The van der Waals surface area contributed by atoms with Crippen LogP contribution in [0.2, 0.25) is 0 Å². The van der Waals surface area contributed by atoms with Crippen LogP contribution in [-0.2, 0) is 4.74 Å². The van der Waals surface area contributed by atoms with Gasteiger partial charge < -0.3 is 10.1 Å². The van der Waals surface area contributed by atoms with E-state index >= 15 is 0 Å². The lowest BCUT2D eigenvalue weighted by Gasteiger charge is -2.35. The van der Waals surface area contributed by atoms with Crippen molar-refractivity contribution < 1.29 is 13.9 Å². The first-order valence-corrected chi connectivity index (χ1v) is 10.1. The van der Waals surface area contributed by atoms with Crippen LogP contribution in [0.5, 0.6) is 0 Å². The van der Waals surface area contributed by atoms with Gasteiger partial charge in [-0.3, -0.25) is 14.8 Å². The number of H-pyrrole nitrogens is 1. The second kappa shape index (κ2) is 9.19. The molecule has 0 spiro atoms. The van der Waals surface area contributed by atoms with Crippen molar-refractivity contribution in [1.29, 1.82) is 0 Å². The normalized spacial score (nSPS) is 15.7. The molecule has 3 aromatic rings. The standard InChI is InChI=1S/C23H25FN4O2/c1-16-3-2-4-18(13-16)21(28-9-11-30-12-10-28)15-25-23(29)20-14-26-27-22(20)17-5-7-19(24)8-6-17/h2-8,13-14,21H,9-12,15H2,1H3,(H,25,29)(H,26,27). The Labute approximate surface area is 175 Å². The number of morpholine rings is 1. The van der Waals surface area contributed by atoms with Crippen LogP contribution in [0.15, 0.2) is 54.7 Å². The maximum Gasteiger partial charge on any atom is 0.255 e. The third-order valence-corrected chi connectivity index (χ3v) is 5.39. The van der Waals surface area contributed by atoms with E-state index in [1.165, 1.54) is 29.5 Å². The van der Waals surface area contributed by atoms with Crippen LogP contribution in [0.4, 0.5) is 4.39 Å². The van der Waals surface area contributed by atoms with Gasteiger partial charge in [0.2, 0.25) is 0 Å². The quantitative estimate of drug-likeness (QED) is 0.657. The van der Waals surface area contributed by atoms with Gasteiger partial charge in [0.15, 0.2) is 0 Å². The van der Waals surface area contributed by atoms with Crippen molar-refractivity contribution in [3.8, 4) is 11.3 Å². The summed E-state index contributed by atoms with van der Waals surface area (Å²) < 4.78 is 18.7. The molecule has 1 fully saturated rings. The maximum atomic E-state index is 13.2. The van der Waals surface area contributed by atoms with E-state index in [2.05, 4.69) is 45.5 Å². The van der Waals surface area contributed by atoms with Crippen molar-refractivity contribution in [2.24, 2.45) is 0 Å². The number of ether oxygens (including phenoxy) is 1. The lowest BCUT2D eigenvalue weighted by atomic mass is 10.0. The van der Waals surface area contributed by atoms with E-state index < -0.39 is 0 Å². The molecule has 0 aliphatic carbocycles. The third kappa shape index (κ3) is 4.58. The summed E-state index contributed by atoms with van der Waals surface area (Å²) in [5.74, 6) is -0.537. The number of rotatable bonds is 6. The van der Waals surface area contributed by atoms with Crippen LogP contribution >= 0.6 is 0 Å². The Morgan fingerprint density at radius 1 is 1.23 bits per heavy atom. The molecule has 1 aromatic heterocycles. The Morgan fingerprint density at radius 2 is 2.00 bits per heavy atom. The van der Waals surface area contributed by atoms with E-state index in [0.717, 1.165) is 13.1 Å².